The van der Waals surface area contributed by atoms with E-state index < -0.39 is 0 Å². The minimum Gasteiger partial charge on any atom is -0.460 e. The van der Waals surface area contributed by atoms with Crippen LogP contribution in [-0.4, -0.2) is 11.0 Å². The predicted molar refractivity (Wildman–Crippen MR) is 75.1 cm³/mol. The molecule has 1 heterocycles. The highest BCUT2D eigenvalue weighted by Gasteiger charge is 2.20. The Morgan fingerprint density at radius 3 is 2.55 bits per heavy atom. The van der Waals surface area contributed by atoms with Gasteiger partial charge in [-0.05, 0) is 5.56 Å². The van der Waals surface area contributed by atoms with Crippen molar-refractivity contribution in [3.63, 3.8) is 0 Å². The van der Waals surface area contributed by atoms with E-state index >= 15 is 0 Å². The molecule has 1 aromatic carbocycles. The quantitative estimate of drug-likeness (QED) is 0.802. The Labute approximate surface area is 118 Å². The lowest BCUT2D eigenvalue weighted by Gasteiger charge is -2.13. The number of aromatic nitrogens is 1. The molecule has 1 aromatic heterocycles. The molecular formula is C16H19NO3. The monoisotopic (exact) mass is 273 g/mol. The molecule has 0 amide bonds. The van der Waals surface area contributed by atoms with Crippen LogP contribution in [0.25, 0.3) is 0 Å². The first-order valence-electron chi connectivity index (χ1n) is 6.60. The highest BCUT2D eigenvalue weighted by molar-refractivity contribution is 5.71. The summed E-state index contributed by atoms with van der Waals surface area (Å²) in [5.41, 5.74) is 0.850. The van der Waals surface area contributed by atoms with Gasteiger partial charge in [0.25, 0.3) is 0 Å². The van der Waals surface area contributed by atoms with E-state index in [1.807, 2.05) is 51.1 Å². The number of hydrogen-bond donors (Lipinski definition) is 0. The Hall–Kier alpha value is -2.10. The van der Waals surface area contributed by atoms with Crippen LogP contribution in [0.3, 0.4) is 0 Å². The van der Waals surface area contributed by atoms with Crippen LogP contribution in [-0.2, 0) is 28.0 Å². The number of nitrogens with zero attached hydrogens (tertiary/aromatic N) is 1. The summed E-state index contributed by atoms with van der Waals surface area (Å²) in [5.74, 6) is 0.826. The standard InChI is InChI=1S/C16H19NO3/c1-16(2,3)13-10-17-14(20-13)9-15(18)19-11-12-7-5-4-6-8-12/h4-8,10H,9,11H2,1-3H3. The third kappa shape index (κ3) is 3.95. The third-order valence-electron chi connectivity index (χ3n) is 2.83. The average molecular weight is 273 g/mol. The zero-order valence-corrected chi connectivity index (χ0v) is 12.1. The van der Waals surface area contributed by atoms with E-state index in [1.54, 1.807) is 6.20 Å². The van der Waals surface area contributed by atoms with Crippen LogP contribution in [0.5, 0.6) is 0 Å². The molecule has 4 nitrogen and oxygen atoms in total. The Balaban J connectivity index is 1.87. The van der Waals surface area contributed by atoms with E-state index in [4.69, 9.17) is 9.15 Å². The number of esters is 1. The third-order valence-corrected chi connectivity index (χ3v) is 2.83. The van der Waals surface area contributed by atoms with Gasteiger partial charge in [-0.2, -0.15) is 0 Å². The van der Waals surface area contributed by atoms with Gasteiger partial charge in [-0.25, -0.2) is 4.98 Å². The van der Waals surface area contributed by atoms with Crippen molar-refractivity contribution < 1.29 is 13.9 Å². The van der Waals surface area contributed by atoms with Crippen LogP contribution in [0.15, 0.2) is 40.9 Å². The van der Waals surface area contributed by atoms with E-state index in [9.17, 15) is 4.79 Å². The highest BCUT2D eigenvalue weighted by Crippen LogP contribution is 2.22. The molecule has 0 atom stereocenters. The van der Waals surface area contributed by atoms with Crippen LogP contribution in [0, 0.1) is 0 Å². The lowest BCUT2D eigenvalue weighted by Crippen LogP contribution is -2.10. The summed E-state index contributed by atoms with van der Waals surface area (Å²) in [6.45, 7) is 6.37. The second kappa shape index (κ2) is 5.90. The van der Waals surface area contributed by atoms with Gasteiger partial charge in [-0.1, -0.05) is 51.1 Å². The fourth-order valence-electron chi connectivity index (χ4n) is 1.65. The molecule has 0 saturated heterocycles. The smallest absolute Gasteiger partial charge is 0.315 e. The number of benzene rings is 1. The number of rotatable bonds is 4. The summed E-state index contributed by atoms with van der Waals surface area (Å²) < 4.78 is 10.7. The Kier molecular flexibility index (Phi) is 4.23. The molecule has 0 spiro atoms. The Morgan fingerprint density at radius 1 is 1.25 bits per heavy atom. The van der Waals surface area contributed by atoms with Gasteiger partial charge in [-0.15, -0.1) is 0 Å². The maximum atomic E-state index is 11.7. The topological polar surface area (TPSA) is 52.3 Å². The summed E-state index contributed by atoms with van der Waals surface area (Å²) in [7, 11) is 0. The summed E-state index contributed by atoms with van der Waals surface area (Å²) in [6, 6.07) is 9.57. The van der Waals surface area contributed by atoms with Crippen LogP contribution in [0.1, 0.15) is 38.0 Å². The fourth-order valence-corrected chi connectivity index (χ4v) is 1.65. The molecule has 0 radical (unpaired) electrons. The van der Waals surface area contributed by atoms with Gasteiger partial charge in [0.2, 0.25) is 5.89 Å². The highest BCUT2D eigenvalue weighted by atomic mass is 16.5. The Morgan fingerprint density at radius 2 is 1.95 bits per heavy atom. The molecular weight excluding hydrogens is 254 g/mol. The van der Waals surface area contributed by atoms with Crippen molar-refractivity contribution >= 4 is 5.97 Å². The maximum Gasteiger partial charge on any atom is 0.315 e. The van der Waals surface area contributed by atoms with Gasteiger partial charge in [0.15, 0.2) is 0 Å². The van der Waals surface area contributed by atoms with Crippen LogP contribution >= 0.6 is 0 Å². The summed E-state index contributed by atoms with van der Waals surface area (Å²) in [6.07, 6.45) is 1.72. The zero-order valence-electron chi connectivity index (χ0n) is 12.1. The Bertz CT molecular complexity index is 567. The molecule has 0 aliphatic carbocycles. The molecule has 2 rings (SSSR count). The van der Waals surface area contributed by atoms with Crippen LogP contribution < -0.4 is 0 Å². The molecule has 0 unspecified atom stereocenters. The molecule has 2 aromatic rings. The molecule has 0 aliphatic rings. The molecule has 0 saturated carbocycles. The van der Waals surface area contributed by atoms with Crippen molar-refractivity contribution in [2.75, 3.05) is 0 Å². The molecule has 0 aliphatic heterocycles. The van der Waals surface area contributed by atoms with Gasteiger partial charge < -0.3 is 9.15 Å². The number of carbonyl (C=O) groups excluding carboxylic acids is 1. The average Bonchev–Trinajstić information content (AvgIpc) is 2.86. The second-order valence-corrected chi connectivity index (χ2v) is 5.69. The van der Waals surface area contributed by atoms with E-state index in [1.165, 1.54) is 0 Å². The lowest BCUT2D eigenvalue weighted by molar-refractivity contribution is -0.144. The maximum absolute atomic E-state index is 11.7. The first kappa shape index (κ1) is 14.3. The SMILES string of the molecule is CC(C)(C)c1cnc(CC(=O)OCc2ccccc2)o1. The van der Waals surface area contributed by atoms with E-state index in [-0.39, 0.29) is 24.4 Å². The minimum absolute atomic E-state index is 0.0584. The van der Waals surface area contributed by atoms with Crippen molar-refractivity contribution in [2.24, 2.45) is 0 Å². The lowest BCUT2D eigenvalue weighted by atomic mass is 9.94. The summed E-state index contributed by atoms with van der Waals surface area (Å²) >= 11 is 0. The number of ether oxygens (including phenoxy) is 1. The number of carbonyl (C=O) groups is 1. The molecule has 106 valence electrons. The first-order chi connectivity index (χ1) is 9.45. The molecule has 4 heteroatoms. The van der Waals surface area contributed by atoms with E-state index in [0.29, 0.717) is 5.89 Å². The molecule has 0 N–H and O–H groups in total. The minimum atomic E-state index is -0.337. The van der Waals surface area contributed by atoms with Gasteiger partial charge in [0.05, 0.1) is 6.20 Å². The molecule has 0 fully saturated rings. The van der Waals surface area contributed by atoms with Crippen molar-refractivity contribution in [2.45, 2.75) is 39.2 Å². The normalized spacial score (nSPS) is 11.3. The molecule has 0 bridgehead atoms. The molecule has 20 heavy (non-hydrogen) atoms. The van der Waals surface area contributed by atoms with Gasteiger partial charge in [0.1, 0.15) is 18.8 Å². The zero-order chi connectivity index (χ0) is 14.6. The van der Waals surface area contributed by atoms with Crippen molar-refractivity contribution in [3.05, 3.63) is 53.7 Å². The number of oxazole rings is 1. The van der Waals surface area contributed by atoms with Gasteiger partial charge in [-0.3, -0.25) is 4.79 Å². The first-order valence-corrected chi connectivity index (χ1v) is 6.60. The fraction of sp³-hybridized carbons (Fsp3) is 0.375. The van der Waals surface area contributed by atoms with Gasteiger partial charge >= 0.3 is 5.97 Å². The predicted octanol–water partition coefficient (Wildman–Crippen LogP) is 3.26. The van der Waals surface area contributed by atoms with Crippen molar-refractivity contribution in [3.8, 4) is 0 Å². The largest absolute Gasteiger partial charge is 0.460 e. The van der Waals surface area contributed by atoms with Crippen LogP contribution in [0.2, 0.25) is 0 Å². The second-order valence-electron chi connectivity index (χ2n) is 5.69. The summed E-state index contributed by atoms with van der Waals surface area (Å²) in [4.78, 5) is 15.8. The van der Waals surface area contributed by atoms with Gasteiger partial charge in [0, 0.05) is 5.41 Å². The number of hydrogen-bond acceptors (Lipinski definition) is 4. The van der Waals surface area contributed by atoms with Crippen molar-refractivity contribution in [1.82, 2.24) is 4.98 Å². The summed E-state index contributed by atoms with van der Waals surface area (Å²) in [5, 5.41) is 0. The van der Waals surface area contributed by atoms with E-state index in [2.05, 4.69) is 4.98 Å². The van der Waals surface area contributed by atoms with Crippen molar-refractivity contribution in [1.29, 1.82) is 0 Å². The van der Waals surface area contributed by atoms with Crippen LogP contribution in [0.4, 0.5) is 0 Å². The van der Waals surface area contributed by atoms with E-state index in [0.717, 1.165) is 11.3 Å².